The minimum Gasteiger partial charge on any atom is -0.357 e. The summed E-state index contributed by atoms with van der Waals surface area (Å²) >= 11 is 0. The van der Waals surface area contributed by atoms with Crippen LogP contribution in [0, 0.1) is 0 Å². The van der Waals surface area contributed by atoms with Gasteiger partial charge in [0.05, 0.1) is 0 Å². The summed E-state index contributed by atoms with van der Waals surface area (Å²) in [5.41, 5.74) is 1.63. The molecule has 140 valence electrons. The zero-order chi connectivity index (χ0) is 16.2. The van der Waals surface area contributed by atoms with Crippen LogP contribution in [0.5, 0.6) is 0 Å². The molecule has 0 aromatic heterocycles. The maximum absolute atomic E-state index is 4.72. The number of unbranched alkanes of at least 4 members (excludes halogenated alkanes) is 1. The lowest BCUT2D eigenvalue weighted by atomic mass is 9.97. The van der Waals surface area contributed by atoms with Gasteiger partial charge >= 0.3 is 0 Å². The van der Waals surface area contributed by atoms with E-state index in [0.29, 0.717) is 0 Å². The molecular weight excluding hydrogens is 411 g/mol. The summed E-state index contributed by atoms with van der Waals surface area (Å²) in [6.07, 6.45) is 14.2. The van der Waals surface area contributed by atoms with E-state index in [1.165, 1.54) is 77.4 Å². The van der Waals surface area contributed by atoms with Crippen LogP contribution in [0.3, 0.4) is 0 Å². The number of likely N-dealkylation sites (tertiary alicyclic amines) is 1. The molecule has 1 aliphatic carbocycles. The Kier molecular flexibility index (Phi) is 12.6. The largest absolute Gasteiger partial charge is 0.357 e. The van der Waals surface area contributed by atoms with Crippen LogP contribution in [0.2, 0.25) is 0 Å². The molecule has 0 atom stereocenters. The highest BCUT2D eigenvalue weighted by Crippen LogP contribution is 2.19. The fourth-order valence-electron chi connectivity index (χ4n) is 3.46. The highest BCUT2D eigenvalue weighted by molar-refractivity contribution is 14.0. The lowest BCUT2D eigenvalue weighted by Gasteiger charge is -2.15. The topological polar surface area (TPSA) is 39.7 Å². The lowest BCUT2D eigenvalue weighted by molar-refractivity contribution is 0.331. The molecule has 0 saturated carbocycles. The van der Waals surface area contributed by atoms with Gasteiger partial charge in [0.25, 0.3) is 0 Å². The Bertz CT molecular complexity index is 376. The Morgan fingerprint density at radius 1 is 1.12 bits per heavy atom. The van der Waals surface area contributed by atoms with E-state index in [9.17, 15) is 0 Å². The van der Waals surface area contributed by atoms with Gasteiger partial charge in [0, 0.05) is 19.6 Å². The van der Waals surface area contributed by atoms with Crippen molar-refractivity contribution >= 4 is 29.9 Å². The SMILES string of the molecule is CCNC(=NCCCCN1CCCC1)NCCC1=CCCCC1.I. The molecule has 0 radical (unpaired) electrons. The van der Waals surface area contributed by atoms with Crippen molar-refractivity contribution in [3.63, 3.8) is 0 Å². The molecule has 0 aromatic rings. The van der Waals surface area contributed by atoms with Crippen LogP contribution in [0.15, 0.2) is 16.6 Å². The third-order valence-corrected chi connectivity index (χ3v) is 4.82. The van der Waals surface area contributed by atoms with Crippen molar-refractivity contribution in [3.05, 3.63) is 11.6 Å². The third-order valence-electron chi connectivity index (χ3n) is 4.82. The first-order chi connectivity index (χ1) is 11.4. The van der Waals surface area contributed by atoms with Gasteiger partial charge in [-0.2, -0.15) is 0 Å². The molecule has 0 amide bonds. The van der Waals surface area contributed by atoms with E-state index in [2.05, 4.69) is 28.5 Å². The normalized spacial score (nSPS) is 18.9. The molecule has 2 rings (SSSR count). The van der Waals surface area contributed by atoms with Gasteiger partial charge < -0.3 is 15.5 Å². The monoisotopic (exact) mass is 448 g/mol. The van der Waals surface area contributed by atoms with Crippen LogP contribution in [0.4, 0.5) is 0 Å². The van der Waals surface area contributed by atoms with Gasteiger partial charge in [-0.1, -0.05) is 11.6 Å². The Hall–Kier alpha value is -0.300. The average molecular weight is 448 g/mol. The fourth-order valence-corrected chi connectivity index (χ4v) is 3.46. The molecular formula is C19H37IN4. The van der Waals surface area contributed by atoms with Crippen LogP contribution < -0.4 is 10.6 Å². The number of guanidine groups is 1. The second-order valence-electron chi connectivity index (χ2n) is 6.80. The highest BCUT2D eigenvalue weighted by atomic mass is 127. The molecule has 2 aliphatic rings. The zero-order valence-corrected chi connectivity index (χ0v) is 17.8. The van der Waals surface area contributed by atoms with Crippen LogP contribution in [0.1, 0.15) is 64.7 Å². The first kappa shape index (κ1) is 21.7. The second kappa shape index (κ2) is 13.9. The molecule has 1 fully saturated rings. The Labute approximate surface area is 166 Å². The maximum Gasteiger partial charge on any atom is 0.191 e. The summed E-state index contributed by atoms with van der Waals surface area (Å²) in [5.74, 6) is 0.991. The molecule has 0 aromatic carbocycles. The highest BCUT2D eigenvalue weighted by Gasteiger charge is 2.10. The van der Waals surface area contributed by atoms with Gasteiger partial charge in [-0.05, 0) is 84.3 Å². The number of nitrogens with one attached hydrogen (secondary N) is 2. The third kappa shape index (κ3) is 9.25. The summed E-state index contributed by atoms with van der Waals surface area (Å²) in [7, 11) is 0. The number of hydrogen-bond acceptors (Lipinski definition) is 2. The molecule has 1 saturated heterocycles. The van der Waals surface area contributed by atoms with Gasteiger partial charge in [0.1, 0.15) is 0 Å². The van der Waals surface area contributed by atoms with Crippen LogP contribution in [-0.2, 0) is 0 Å². The van der Waals surface area contributed by atoms with Crippen molar-refractivity contribution in [1.82, 2.24) is 15.5 Å². The quantitative estimate of drug-likeness (QED) is 0.185. The molecule has 4 nitrogen and oxygen atoms in total. The van der Waals surface area contributed by atoms with Crippen LogP contribution >= 0.6 is 24.0 Å². The molecule has 0 spiro atoms. The van der Waals surface area contributed by atoms with Crippen LogP contribution in [0.25, 0.3) is 0 Å². The average Bonchev–Trinajstić information content (AvgIpc) is 3.09. The van der Waals surface area contributed by atoms with Gasteiger partial charge in [-0.3, -0.25) is 4.99 Å². The Morgan fingerprint density at radius 3 is 2.67 bits per heavy atom. The summed E-state index contributed by atoms with van der Waals surface area (Å²) in [5, 5.41) is 6.85. The number of aliphatic imine (C=N–C) groups is 1. The summed E-state index contributed by atoms with van der Waals surface area (Å²) < 4.78 is 0. The van der Waals surface area contributed by atoms with Crippen LogP contribution in [-0.4, -0.2) is 50.1 Å². The van der Waals surface area contributed by atoms with Gasteiger partial charge in [-0.25, -0.2) is 0 Å². The fraction of sp³-hybridized carbons (Fsp3) is 0.842. The Balaban J connectivity index is 0.00000288. The van der Waals surface area contributed by atoms with Gasteiger partial charge in [0.15, 0.2) is 5.96 Å². The molecule has 0 unspecified atom stereocenters. The van der Waals surface area contributed by atoms with Crippen molar-refractivity contribution in [2.75, 3.05) is 39.3 Å². The van der Waals surface area contributed by atoms with E-state index in [0.717, 1.165) is 25.6 Å². The van der Waals surface area contributed by atoms with E-state index in [4.69, 9.17) is 4.99 Å². The van der Waals surface area contributed by atoms with Crippen molar-refractivity contribution in [2.24, 2.45) is 4.99 Å². The molecule has 24 heavy (non-hydrogen) atoms. The molecule has 2 N–H and O–H groups in total. The predicted molar refractivity (Wildman–Crippen MR) is 115 cm³/mol. The molecule has 5 heteroatoms. The van der Waals surface area contributed by atoms with E-state index in [1.807, 2.05) is 0 Å². The molecule has 0 bridgehead atoms. The van der Waals surface area contributed by atoms with Crippen molar-refractivity contribution in [2.45, 2.75) is 64.7 Å². The number of rotatable bonds is 9. The standard InChI is InChI=1S/C19H36N4.HI/c1-2-20-19(22-14-12-18-10-4-3-5-11-18)21-13-6-7-15-23-16-8-9-17-23;/h10H,2-9,11-17H2,1H3,(H2,20,21,22);1H. The maximum atomic E-state index is 4.72. The predicted octanol–water partition coefficient (Wildman–Crippen LogP) is 3.93. The van der Waals surface area contributed by atoms with Crippen molar-refractivity contribution in [3.8, 4) is 0 Å². The number of allylic oxidation sites excluding steroid dienone is 1. The van der Waals surface area contributed by atoms with Gasteiger partial charge in [0.2, 0.25) is 0 Å². The van der Waals surface area contributed by atoms with E-state index >= 15 is 0 Å². The molecule has 1 aliphatic heterocycles. The van der Waals surface area contributed by atoms with Gasteiger partial charge in [-0.15, -0.1) is 24.0 Å². The Morgan fingerprint density at radius 2 is 1.96 bits per heavy atom. The first-order valence-corrected chi connectivity index (χ1v) is 9.81. The lowest BCUT2D eigenvalue weighted by Crippen LogP contribution is -2.38. The molecule has 1 heterocycles. The van der Waals surface area contributed by atoms with E-state index in [-0.39, 0.29) is 24.0 Å². The minimum atomic E-state index is 0. The van der Waals surface area contributed by atoms with E-state index < -0.39 is 0 Å². The first-order valence-electron chi connectivity index (χ1n) is 9.81. The minimum absolute atomic E-state index is 0. The number of halogens is 1. The zero-order valence-electron chi connectivity index (χ0n) is 15.5. The summed E-state index contributed by atoms with van der Waals surface area (Å²) in [6.45, 7) is 8.88. The second-order valence-corrected chi connectivity index (χ2v) is 6.80. The van der Waals surface area contributed by atoms with Crippen molar-refractivity contribution < 1.29 is 0 Å². The number of hydrogen-bond donors (Lipinski definition) is 2. The smallest absolute Gasteiger partial charge is 0.191 e. The summed E-state index contributed by atoms with van der Waals surface area (Å²) in [6, 6.07) is 0. The van der Waals surface area contributed by atoms with E-state index in [1.54, 1.807) is 5.57 Å². The van der Waals surface area contributed by atoms with Crippen molar-refractivity contribution in [1.29, 1.82) is 0 Å². The summed E-state index contributed by atoms with van der Waals surface area (Å²) in [4.78, 5) is 7.31. The number of nitrogens with zero attached hydrogens (tertiary/aromatic N) is 2.